The van der Waals surface area contributed by atoms with Gasteiger partial charge in [0.1, 0.15) is 0 Å². The molecule has 1 nitrogen and oxygen atoms in total. The van der Waals surface area contributed by atoms with Gasteiger partial charge in [-0.1, -0.05) is 20.8 Å². The smallest absolute Gasteiger partial charge is 0.0490 e. The maximum absolute atomic E-state index is 9.56. The zero-order valence-corrected chi connectivity index (χ0v) is 10.5. The van der Waals surface area contributed by atoms with Crippen molar-refractivity contribution in [1.82, 2.24) is 0 Å². The van der Waals surface area contributed by atoms with Gasteiger partial charge >= 0.3 is 0 Å². The highest BCUT2D eigenvalue weighted by Gasteiger charge is 2.54. The molecule has 4 aliphatic rings. The predicted molar refractivity (Wildman–Crippen MR) is 63.6 cm³/mol. The van der Waals surface area contributed by atoms with E-state index >= 15 is 0 Å². The third-order valence-corrected chi connectivity index (χ3v) is 5.34. The molecule has 4 fully saturated rings. The molecule has 0 aromatic carbocycles. The maximum Gasteiger partial charge on any atom is 0.0490 e. The van der Waals surface area contributed by atoms with E-state index in [4.69, 9.17) is 0 Å². The van der Waals surface area contributed by atoms with Crippen LogP contribution in [-0.4, -0.2) is 11.7 Å². The van der Waals surface area contributed by atoms with Crippen molar-refractivity contribution >= 4 is 0 Å². The number of aliphatic hydroxyl groups is 1. The van der Waals surface area contributed by atoms with E-state index < -0.39 is 0 Å². The Balaban J connectivity index is 0.000000404. The molecule has 15 heavy (non-hydrogen) atoms. The summed E-state index contributed by atoms with van der Waals surface area (Å²) in [5.41, 5.74) is 0.299. The quantitative estimate of drug-likeness (QED) is 0.702. The SMILES string of the molecule is CC.CC1(CO)C2CC3CC(C2)CC1C3. The van der Waals surface area contributed by atoms with Crippen molar-refractivity contribution in [3.63, 3.8) is 0 Å². The van der Waals surface area contributed by atoms with Crippen molar-refractivity contribution < 1.29 is 5.11 Å². The molecule has 0 atom stereocenters. The van der Waals surface area contributed by atoms with Crippen LogP contribution in [0.2, 0.25) is 0 Å². The summed E-state index contributed by atoms with van der Waals surface area (Å²) in [7, 11) is 0. The van der Waals surface area contributed by atoms with Crippen LogP contribution in [0.3, 0.4) is 0 Å². The topological polar surface area (TPSA) is 20.2 Å². The van der Waals surface area contributed by atoms with Crippen LogP contribution in [-0.2, 0) is 0 Å². The molecule has 0 radical (unpaired) electrons. The fraction of sp³-hybridized carbons (Fsp3) is 1.00. The third kappa shape index (κ3) is 1.63. The maximum atomic E-state index is 9.56. The molecule has 4 bridgehead atoms. The standard InChI is InChI=1S/C12H20O.C2H6/c1-12(7-13)10-3-8-2-9(5-10)6-11(12)4-8;1-2/h8-11,13H,2-7H2,1H3;1-2H3. The Labute approximate surface area is 94.3 Å². The Morgan fingerprint density at radius 1 is 0.933 bits per heavy atom. The Bertz CT molecular complexity index is 193. The fourth-order valence-electron chi connectivity index (χ4n) is 4.52. The van der Waals surface area contributed by atoms with Gasteiger partial charge in [0.15, 0.2) is 0 Å². The summed E-state index contributed by atoms with van der Waals surface area (Å²) in [5, 5.41) is 9.56. The van der Waals surface area contributed by atoms with Gasteiger partial charge in [-0.25, -0.2) is 0 Å². The average molecular weight is 210 g/mol. The van der Waals surface area contributed by atoms with Crippen molar-refractivity contribution in [3.05, 3.63) is 0 Å². The molecule has 4 saturated carbocycles. The Hall–Kier alpha value is -0.0400. The molecule has 0 spiro atoms. The van der Waals surface area contributed by atoms with E-state index in [1.165, 1.54) is 32.1 Å². The first-order valence-electron chi connectivity index (χ1n) is 6.83. The number of hydrogen-bond acceptors (Lipinski definition) is 1. The summed E-state index contributed by atoms with van der Waals surface area (Å²) in [6.07, 6.45) is 7.19. The highest BCUT2D eigenvalue weighted by atomic mass is 16.3. The largest absolute Gasteiger partial charge is 0.396 e. The van der Waals surface area contributed by atoms with Crippen LogP contribution >= 0.6 is 0 Å². The Morgan fingerprint density at radius 3 is 1.67 bits per heavy atom. The Morgan fingerprint density at radius 2 is 1.33 bits per heavy atom. The van der Waals surface area contributed by atoms with E-state index in [0.29, 0.717) is 12.0 Å². The van der Waals surface area contributed by atoms with Crippen molar-refractivity contribution in [1.29, 1.82) is 0 Å². The summed E-state index contributed by atoms with van der Waals surface area (Å²) in [4.78, 5) is 0. The van der Waals surface area contributed by atoms with Gasteiger partial charge in [-0.05, 0) is 61.2 Å². The first kappa shape index (κ1) is 11.4. The molecule has 0 aliphatic heterocycles. The molecule has 0 amide bonds. The summed E-state index contributed by atoms with van der Waals surface area (Å²) in [6, 6.07) is 0. The van der Waals surface area contributed by atoms with E-state index in [-0.39, 0.29) is 0 Å². The molecular weight excluding hydrogens is 184 g/mol. The second-order valence-corrected chi connectivity index (χ2v) is 5.97. The van der Waals surface area contributed by atoms with Crippen LogP contribution in [0.5, 0.6) is 0 Å². The van der Waals surface area contributed by atoms with Crippen LogP contribution in [0.1, 0.15) is 52.9 Å². The van der Waals surface area contributed by atoms with Crippen LogP contribution in [0.15, 0.2) is 0 Å². The zero-order valence-electron chi connectivity index (χ0n) is 10.5. The summed E-state index contributed by atoms with van der Waals surface area (Å²) in [6.45, 7) is 6.77. The minimum Gasteiger partial charge on any atom is -0.396 e. The van der Waals surface area contributed by atoms with Crippen LogP contribution in [0.4, 0.5) is 0 Å². The van der Waals surface area contributed by atoms with Crippen molar-refractivity contribution in [2.75, 3.05) is 6.61 Å². The van der Waals surface area contributed by atoms with E-state index in [9.17, 15) is 5.11 Å². The molecule has 0 heterocycles. The lowest BCUT2D eigenvalue weighted by Gasteiger charge is -2.59. The zero-order chi connectivity index (χ0) is 11.1. The van der Waals surface area contributed by atoms with Gasteiger partial charge in [-0.3, -0.25) is 0 Å². The van der Waals surface area contributed by atoms with Gasteiger partial charge in [0.2, 0.25) is 0 Å². The molecule has 4 aliphatic carbocycles. The minimum atomic E-state index is 0.299. The lowest BCUT2D eigenvalue weighted by Crippen LogP contribution is -2.53. The van der Waals surface area contributed by atoms with Crippen LogP contribution in [0.25, 0.3) is 0 Å². The first-order valence-corrected chi connectivity index (χ1v) is 6.83. The van der Waals surface area contributed by atoms with Gasteiger partial charge in [-0.2, -0.15) is 0 Å². The molecule has 0 aromatic rings. The molecule has 1 N–H and O–H groups in total. The van der Waals surface area contributed by atoms with Gasteiger partial charge in [-0.15, -0.1) is 0 Å². The van der Waals surface area contributed by atoms with Crippen LogP contribution in [0, 0.1) is 29.1 Å². The van der Waals surface area contributed by atoms with Gasteiger partial charge < -0.3 is 5.11 Å². The van der Waals surface area contributed by atoms with Crippen molar-refractivity contribution in [3.8, 4) is 0 Å². The molecule has 0 unspecified atom stereocenters. The molecule has 0 saturated heterocycles. The monoisotopic (exact) mass is 210 g/mol. The van der Waals surface area contributed by atoms with Crippen molar-refractivity contribution in [2.24, 2.45) is 29.1 Å². The highest BCUT2D eigenvalue weighted by molar-refractivity contribution is 5.03. The fourth-order valence-corrected chi connectivity index (χ4v) is 4.52. The molecular formula is C14H26O. The summed E-state index contributed by atoms with van der Waals surface area (Å²) in [5.74, 6) is 3.77. The van der Waals surface area contributed by atoms with Gasteiger partial charge in [0.05, 0.1) is 0 Å². The average Bonchev–Trinajstić information content (AvgIpc) is 2.27. The predicted octanol–water partition coefficient (Wildman–Crippen LogP) is 3.47. The highest BCUT2D eigenvalue weighted by Crippen LogP contribution is 2.61. The first-order chi connectivity index (χ1) is 7.22. The lowest BCUT2D eigenvalue weighted by molar-refractivity contribution is -0.121. The normalized spacial score (nSPS) is 51.2. The molecule has 88 valence electrons. The molecule has 1 heteroatoms. The van der Waals surface area contributed by atoms with E-state index in [1.54, 1.807) is 0 Å². The van der Waals surface area contributed by atoms with E-state index in [0.717, 1.165) is 23.7 Å². The third-order valence-electron chi connectivity index (χ3n) is 5.34. The number of rotatable bonds is 1. The Kier molecular flexibility index (Phi) is 3.12. The number of aliphatic hydroxyl groups excluding tert-OH is 1. The van der Waals surface area contributed by atoms with Gasteiger partial charge in [0, 0.05) is 6.61 Å². The number of hydrogen-bond donors (Lipinski definition) is 1. The second-order valence-electron chi connectivity index (χ2n) is 5.97. The lowest BCUT2D eigenvalue weighted by atomic mass is 9.46. The summed E-state index contributed by atoms with van der Waals surface area (Å²) >= 11 is 0. The van der Waals surface area contributed by atoms with Gasteiger partial charge in [0.25, 0.3) is 0 Å². The van der Waals surface area contributed by atoms with Crippen LogP contribution < -0.4 is 0 Å². The van der Waals surface area contributed by atoms with Crippen molar-refractivity contribution in [2.45, 2.75) is 52.9 Å². The van der Waals surface area contributed by atoms with E-state index in [1.807, 2.05) is 13.8 Å². The minimum absolute atomic E-state index is 0.299. The summed E-state index contributed by atoms with van der Waals surface area (Å²) < 4.78 is 0. The van der Waals surface area contributed by atoms with E-state index in [2.05, 4.69) is 6.92 Å². The molecule has 0 aromatic heterocycles. The molecule has 4 rings (SSSR count). The second kappa shape index (κ2) is 4.08.